The number of benzene rings is 1. The molecule has 1 aromatic carbocycles. The molecule has 4 aliphatic rings. The highest BCUT2D eigenvalue weighted by Gasteiger charge is 2.62. The summed E-state index contributed by atoms with van der Waals surface area (Å²) in [6, 6.07) is 8.17. The van der Waals surface area contributed by atoms with Crippen molar-refractivity contribution in [1.29, 1.82) is 0 Å². The summed E-state index contributed by atoms with van der Waals surface area (Å²) in [5.74, 6) is 5.56. The number of hydrogen-bond acceptors (Lipinski definition) is 6. The third-order valence-electron chi connectivity index (χ3n) is 14.8. The molecule has 5 rings (SSSR count). The molecular formula is C44H78N4O2. The Bertz CT molecular complexity index is 1130. The van der Waals surface area contributed by atoms with Crippen molar-refractivity contribution in [2.75, 3.05) is 39.3 Å². The van der Waals surface area contributed by atoms with Gasteiger partial charge in [0.15, 0.2) is 0 Å². The normalized spacial score (nSPS) is 34.3. The Morgan fingerprint density at radius 1 is 0.720 bits per heavy atom. The fraction of sp³-hybridized carbons (Fsp3) is 0.864. The monoisotopic (exact) mass is 695 g/mol. The van der Waals surface area contributed by atoms with Crippen LogP contribution in [-0.2, 0) is 6.54 Å². The van der Waals surface area contributed by atoms with Gasteiger partial charge in [-0.15, -0.1) is 0 Å². The molecule has 6 N–H and O–H groups in total. The van der Waals surface area contributed by atoms with Crippen molar-refractivity contribution >= 4 is 0 Å². The Hall–Kier alpha value is -1.18. The standard InChI is InChI=1S/C44H78N4O2/c1-32(2)13-10-14-33(3)37-17-18-38-42-39(20-22-44(37,38)5)43(4)21-19-36(29-35(43)30-41(42)50)48-28-12-26-46-24-9-8-23-45-25-11-27-47-31-34-15-6-7-16-40(34)49/h6-7,15-16,32-33,35-39,41-42,45-50H,8-14,17-31H2,1-5H3/t33-,35-,36+,37-,38?,39?,41?,42?,43+,44-/m1/s1. The summed E-state index contributed by atoms with van der Waals surface area (Å²) < 4.78 is 0. The molecule has 0 aliphatic heterocycles. The number of hydrogen-bond donors (Lipinski definition) is 6. The second-order valence-corrected chi connectivity index (χ2v) is 18.5. The maximum atomic E-state index is 11.8. The van der Waals surface area contributed by atoms with E-state index < -0.39 is 0 Å². The molecular weight excluding hydrogens is 617 g/mol. The van der Waals surface area contributed by atoms with Crippen LogP contribution in [0, 0.1) is 52.3 Å². The van der Waals surface area contributed by atoms with Gasteiger partial charge in [0.1, 0.15) is 5.75 Å². The van der Waals surface area contributed by atoms with Crippen LogP contribution in [0.15, 0.2) is 24.3 Å². The molecule has 4 fully saturated rings. The molecule has 10 atom stereocenters. The Morgan fingerprint density at radius 2 is 1.38 bits per heavy atom. The molecule has 6 nitrogen and oxygen atoms in total. The van der Waals surface area contributed by atoms with Gasteiger partial charge in [-0.25, -0.2) is 0 Å². The van der Waals surface area contributed by atoms with E-state index in [2.05, 4.69) is 55.9 Å². The average Bonchev–Trinajstić information content (AvgIpc) is 3.44. The van der Waals surface area contributed by atoms with E-state index in [-0.39, 0.29) is 6.10 Å². The Kier molecular flexibility index (Phi) is 15.4. The third kappa shape index (κ3) is 10.1. The first kappa shape index (κ1) is 40.0. The molecule has 0 saturated heterocycles. The van der Waals surface area contributed by atoms with Gasteiger partial charge in [0.05, 0.1) is 6.10 Å². The Balaban J connectivity index is 0.915. The van der Waals surface area contributed by atoms with Crippen molar-refractivity contribution in [2.24, 2.45) is 52.3 Å². The summed E-state index contributed by atoms with van der Waals surface area (Å²) in [4.78, 5) is 0. The number of aromatic hydroxyl groups is 1. The van der Waals surface area contributed by atoms with Crippen LogP contribution in [0.4, 0.5) is 0 Å². The fourth-order valence-electron chi connectivity index (χ4n) is 11.9. The van der Waals surface area contributed by atoms with E-state index in [1.54, 1.807) is 6.07 Å². The van der Waals surface area contributed by atoms with Crippen LogP contribution in [0.2, 0.25) is 0 Å². The highest BCUT2D eigenvalue weighted by Crippen LogP contribution is 2.68. The minimum atomic E-state index is -0.0889. The number of rotatable bonds is 21. The maximum absolute atomic E-state index is 11.8. The van der Waals surface area contributed by atoms with E-state index in [0.29, 0.717) is 34.5 Å². The quantitative estimate of drug-likeness (QED) is 0.0727. The van der Waals surface area contributed by atoms with Gasteiger partial charge in [0, 0.05) is 18.2 Å². The highest BCUT2D eigenvalue weighted by atomic mass is 16.3. The molecule has 1 aromatic rings. The molecule has 4 saturated carbocycles. The second-order valence-electron chi connectivity index (χ2n) is 18.5. The van der Waals surface area contributed by atoms with Gasteiger partial charge in [0.25, 0.3) is 0 Å². The van der Waals surface area contributed by atoms with Crippen LogP contribution in [0.25, 0.3) is 0 Å². The number of unbranched alkanes of at least 4 members (excludes halogenated alkanes) is 1. The molecule has 0 bridgehead atoms. The lowest BCUT2D eigenvalue weighted by atomic mass is 9.43. The van der Waals surface area contributed by atoms with E-state index in [4.69, 9.17) is 0 Å². The van der Waals surface area contributed by atoms with Crippen LogP contribution in [0.5, 0.6) is 5.75 Å². The lowest BCUT2D eigenvalue weighted by molar-refractivity contribution is -0.167. The van der Waals surface area contributed by atoms with Gasteiger partial charge in [-0.1, -0.05) is 72.1 Å². The molecule has 0 aromatic heterocycles. The summed E-state index contributed by atoms with van der Waals surface area (Å²) in [7, 11) is 0. The molecule has 0 radical (unpaired) electrons. The Labute approximate surface area is 307 Å². The van der Waals surface area contributed by atoms with E-state index in [1.165, 1.54) is 83.5 Å². The Morgan fingerprint density at radius 3 is 2.12 bits per heavy atom. The zero-order valence-corrected chi connectivity index (χ0v) is 33.0. The van der Waals surface area contributed by atoms with Crippen LogP contribution in [-0.4, -0.2) is 61.6 Å². The molecule has 6 heteroatoms. The van der Waals surface area contributed by atoms with Crippen molar-refractivity contribution in [3.05, 3.63) is 29.8 Å². The number of nitrogens with one attached hydrogen (secondary N) is 4. The minimum absolute atomic E-state index is 0.0889. The van der Waals surface area contributed by atoms with Crippen molar-refractivity contribution in [3.63, 3.8) is 0 Å². The number of phenols is 1. The van der Waals surface area contributed by atoms with Gasteiger partial charge in [0.2, 0.25) is 0 Å². The first-order valence-corrected chi connectivity index (χ1v) is 21.4. The van der Waals surface area contributed by atoms with Crippen molar-refractivity contribution in [3.8, 4) is 5.75 Å². The summed E-state index contributed by atoms with van der Waals surface area (Å²) >= 11 is 0. The lowest BCUT2D eigenvalue weighted by Gasteiger charge is -2.62. The van der Waals surface area contributed by atoms with Crippen LogP contribution < -0.4 is 21.3 Å². The van der Waals surface area contributed by atoms with Crippen LogP contribution >= 0.6 is 0 Å². The molecule has 286 valence electrons. The number of aliphatic hydroxyl groups is 1. The molecule has 4 unspecified atom stereocenters. The summed E-state index contributed by atoms with van der Waals surface area (Å²) in [6.07, 6.45) is 19.3. The second kappa shape index (κ2) is 19.2. The fourth-order valence-corrected chi connectivity index (χ4v) is 11.9. The highest BCUT2D eigenvalue weighted by molar-refractivity contribution is 5.31. The minimum Gasteiger partial charge on any atom is -0.508 e. The number of phenolic OH excluding ortho intramolecular Hbond substituents is 1. The average molecular weight is 695 g/mol. The first-order valence-electron chi connectivity index (χ1n) is 21.4. The predicted molar refractivity (Wildman–Crippen MR) is 210 cm³/mol. The van der Waals surface area contributed by atoms with Crippen molar-refractivity contribution in [1.82, 2.24) is 21.3 Å². The summed E-state index contributed by atoms with van der Waals surface area (Å²) in [6.45, 7) is 19.7. The molecule has 0 amide bonds. The van der Waals surface area contributed by atoms with E-state index in [1.807, 2.05) is 18.2 Å². The van der Waals surface area contributed by atoms with Crippen molar-refractivity contribution in [2.45, 2.75) is 150 Å². The predicted octanol–water partition coefficient (Wildman–Crippen LogP) is 8.27. The van der Waals surface area contributed by atoms with Gasteiger partial charge >= 0.3 is 0 Å². The molecule has 4 aliphatic carbocycles. The van der Waals surface area contributed by atoms with Gasteiger partial charge in [-0.2, -0.15) is 0 Å². The van der Waals surface area contributed by atoms with Crippen molar-refractivity contribution < 1.29 is 10.2 Å². The van der Waals surface area contributed by atoms with E-state index in [9.17, 15) is 10.2 Å². The molecule has 50 heavy (non-hydrogen) atoms. The van der Waals surface area contributed by atoms with Crippen LogP contribution in [0.3, 0.4) is 0 Å². The number of aliphatic hydroxyl groups excluding tert-OH is 1. The van der Waals surface area contributed by atoms with Gasteiger partial charge in [-0.3, -0.25) is 0 Å². The van der Waals surface area contributed by atoms with E-state index in [0.717, 1.165) is 93.8 Å². The summed E-state index contributed by atoms with van der Waals surface area (Å²) in [5, 5.41) is 36.3. The molecule has 0 spiro atoms. The van der Waals surface area contributed by atoms with E-state index >= 15 is 0 Å². The lowest BCUT2D eigenvalue weighted by Crippen LogP contribution is -2.59. The zero-order valence-electron chi connectivity index (χ0n) is 33.0. The first-order chi connectivity index (χ1) is 24.1. The SMILES string of the molecule is CC(C)CCC[C@@H](C)[C@H]1CCC2C3C(O)C[C@H]4C[C@@H](NCCCNCCCCNCCCNCc5ccccc5O)CC[C@]4(C)C3CC[C@@]21C. The van der Waals surface area contributed by atoms with Crippen LogP contribution in [0.1, 0.15) is 136 Å². The number of fused-ring (bicyclic) bond motifs is 5. The van der Waals surface area contributed by atoms with Gasteiger partial charge in [-0.05, 0) is 175 Å². The topological polar surface area (TPSA) is 88.6 Å². The maximum Gasteiger partial charge on any atom is 0.120 e. The van der Waals surface area contributed by atoms with Gasteiger partial charge < -0.3 is 31.5 Å². The largest absolute Gasteiger partial charge is 0.508 e. The third-order valence-corrected chi connectivity index (χ3v) is 14.8. The smallest absolute Gasteiger partial charge is 0.120 e. The molecule has 0 heterocycles. The summed E-state index contributed by atoms with van der Waals surface area (Å²) in [5.41, 5.74) is 1.83. The number of para-hydroxylation sites is 1. The zero-order chi connectivity index (χ0) is 35.6.